The molecule has 1 amide bonds. The monoisotopic (exact) mass is 300 g/mol. The molecule has 0 atom stereocenters. The maximum atomic E-state index is 12.0. The Balaban J connectivity index is 1.86. The van der Waals surface area contributed by atoms with Gasteiger partial charge in [0.1, 0.15) is 0 Å². The average Bonchev–Trinajstić information content (AvgIpc) is 2.95. The molecule has 22 heavy (non-hydrogen) atoms. The van der Waals surface area contributed by atoms with Gasteiger partial charge in [-0.15, -0.1) is 0 Å². The second-order valence-electron chi connectivity index (χ2n) is 6.20. The Labute approximate surface area is 131 Å². The highest BCUT2D eigenvalue weighted by Crippen LogP contribution is 2.17. The van der Waals surface area contributed by atoms with Crippen LogP contribution in [0, 0.1) is 0 Å². The van der Waals surface area contributed by atoms with E-state index in [4.69, 9.17) is 5.73 Å². The summed E-state index contributed by atoms with van der Waals surface area (Å²) in [6, 6.07) is 12.1. The van der Waals surface area contributed by atoms with Crippen LogP contribution >= 0.6 is 0 Å². The summed E-state index contributed by atoms with van der Waals surface area (Å²) in [5.74, 6) is -0.0397. The van der Waals surface area contributed by atoms with Crippen LogP contribution in [0.15, 0.2) is 36.4 Å². The third-order valence-electron chi connectivity index (χ3n) is 3.54. The smallest absolute Gasteiger partial charge is 0.241 e. The molecule has 118 valence electrons. The number of benzene rings is 1. The Morgan fingerprint density at radius 3 is 2.64 bits per heavy atom. The Kier molecular flexibility index (Phi) is 4.98. The third kappa shape index (κ3) is 4.18. The Morgan fingerprint density at radius 1 is 1.32 bits per heavy atom. The van der Waals surface area contributed by atoms with E-state index >= 15 is 0 Å². The molecule has 0 radical (unpaired) electrons. The number of carbonyl (C=O) groups is 1. The number of hydrogen-bond donors (Lipinski definition) is 2. The number of hydrogen-bond acceptors (Lipinski definition) is 3. The molecule has 1 aromatic carbocycles. The van der Waals surface area contributed by atoms with E-state index in [0.717, 1.165) is 29.8 Å². The van der Waals surface area contributed by atoms with Gasteiger partial charge in [0.05, 0.1) is 11.2 Å². The van der Waals surface area contributed by atoms with E-state index in [-0.39, 0.29) is 5.91 Å². The highest BCUT2D eigenvalue weighted by molar-refractivity contribution is 5.84. The maximum absolute atomic E-state index is 12.0. The first-order valence-corrected chi connectivity index (χ1v) is 7.52. The van der Waals surface area contributed by atoms with Crippen LogP contribution in [0.2, 0.25) is 0 Å². The first-order chi connectivity index (χ1) is 10.4. The predicted octanol–water partition coefficient (Wildman–Crippen LogP) is 2.21. The normalized spacial score (nSPS) is 11.5. The van der Waals surface area contributed by atoms with Crippen molar-refractivity contribution < 1.29 is 4.79 Å². The molecule has 0 spiro atoms. The number of aryl methyl sites for hydroxylation is 1. The molecule has 1 aromatic heterocycles. The first-order valence-electron chi connectivity index (χ1n) is 7.52. The molecule has 0 saturated heterocycles. The van der Waals surface area contributed by atoms with E-state index in [2.05, 4.69) is 16.3 Å². The van der Waals surface area contributed by atoms with Crippen LogP contribution in [-0.4, -0.2) is 40.1 Å². The molecule has 2 aromatic rings. The molecule has 0 aliphatic heterocycles. The van der Waals surface area contributed by atoms with Gasteiger partial charge in [0.25, 0.3) is 0 Å². The second kappa shape index (κ2) is 6.75. The van der Waals surface area contributed by atoms with Crippen LogP contribution in [0.4, 0.5) is 0 Å². The molecular weight excluding hydrogens is 276 g/mol. The van der Waals surface area contributed by atoms with Gasteiger partial charge in [-0.2, -0.15) is 5.10 Å². The van der Waals surface area contributed by atoms with E-state index in [1.54, 1.807) is 25.8 Å². The van der Waals surface area contributed by atoms with Crippen molar-refractivity contribution in [2.24, 2.45) is 5.73 Å². The minimum atomic E-state index is -0.816. The number of nitrogens with two attached hydrogens (primary N) is 1. The highest BCUT2D eigenvalue weighted by atomic mass is 16.2. The van der Waals surface area contributed by atoms with Gasteiger partial charge in [-0.1, -0.05) is 30.3 Å². The quantitative estimate of drug-likeness (QED) is 0.859. The summed E-state index contributed by atoms with van der Waals surface area (Å²) in [6.07, 6.45) is 1.72. The third-order valence-corrected chi connectivity index (χ3v) is 3.54. The summed E-state index contributed by atoms with van der Waals surface area (Å²) in [5.41, 5.74) is 8.13. The van der Waals surface area contributed by atoms with Gasteiger partial charge in [0.2, 0.25) is 5.91 Å². The molecule has 0 fully saturated rings. The molecule has 0 aliphatic rings. The molecule has 1 heterocycles. The van der Waals surface area contributed by atoms with E-state index in [1.807, 2.05) is 30.3 Å². The Morgan fingerprint density at radius 2 is 2.00 bits per heavy atom. The maximum Gasteiger partial charge on any atom is 0.241 e. The lowest BCUT2D eigenvalue weighted by atomic mass is 10.1. The molecule has 0 saturated carbocycles. The van der Waals surface area contributed by atoms with Crippen molar-refractivity contribution in [3.63, 3.8) is 0 Å². The van der Waals surface area contributed by atoms with Crippen molar-refractivity contribution in [3.8, 4) is 11.3 Å². The minimum absolute atomic E-state index is 0.0397. The van der Waals surface area contributed by atoms with Crippen LogP contribution in [0.3, 0.4) is 0 Å². The largest absolute Gasteiger partial charge is 0.344 e. The Hall–Kier alpha value is -2.14. The van der Waals surface area contributed by atoms with Crippen molar-refractivity contribution in [2.45, 2.75) is 32.2 Å². The fraction of sp³-hybridized carbons (Fsp3) is 0.412. The van der Waals surface area contributed by atoms with Crippen molar-refractivity contribution >= 4 is 5.91 Å². The van der Waals surface area contributed by atoms with Crippen molar-refractivity contribution in [2.75, 3.05) is 13.6 Å². The second-order valence-corrected chi connectivity index (χ2v) is 6.20. The minimum Gasteiger partial charge on any atom is -0.344 e. The lowest BCUT2D eigenvalue weighted by Gasteiger charge is -2.25. The number of rotatable bonds is 6. The number of aromatic nitrogens is 2. The number of H-pyrrole nitrogens is 1. The fourth-order valence-corrected chi connectivity index (χ4v) is 2.35. The number of nitrogens with zero attached hydrogens (tertiary/aromatic N) is 2. The lowest BCUT2D eigenvalue weighted by Crippen LogP contribution is -2.50. The average molecular weight is 300 g/mol. The topological polar surface area (TPSA) is 75.0 Å². The summed E-state index contributed by atoms with van der Waals surface area (Å²) in [4.78, 5) is 13.7. The van der Waals surface area contributed by atoms with E-state index < -0.39 is 5.54 Å². The molecule has 0 unspecified atom stereocenters. The van der Waals surface area contributed by atoms with Crippen molar-refractivity contribution in [3.05, 3.63) is 42.1 Å². The molecular formula is C17H24N4O. The number of carbonyl (C=O) groups excluding carboxylic acids is 1. The number of likely N-dealkylation sites (N-methyl/N-ethyl adjacent to an activating group) is 1. The van der Waals surface area contributed by atoms with Crippen LogP contribution < -0.4 is 5.73 Å². The number of nitrogens with one attached hydrogen (secondary N) is 1. The van der Waals surface area contributed by atoms with Gasteiger partial charge >= 0.3 is 0 Å². The zero-order valence-electron chi connectivity index (χ0n) is 13.5. The molecule has 2 rings (SSSR count). The molecule has 3 N–H and O–H groups in total. The summed E-state index contributed by atoms with van der Waals surface area (Å²) < 4.78 is 0. The molecule has 5 nitrogen and oxygen atoms in total. The van der Waals surface area contributed by atoms with Gasteiger partial charge in [-0.25, -0.2) is 0 Å². The summed E-state index contributed by atoms with van der Waals surface area (Å²) in [5, 5.41) is 7.39. The molecule has 0 bridgehead atoms. The lowest BCUT2D eigenvalue weighted by molar-refractivity contribution is -0.134. The van der Waals surface area contributed by atoms with Crippen LogP contribution in [0.25, 0.3) is 11.3 Å². The van der Waals surface area contributed by atoms with Crippen LogP contribution in [0.5, 0.6) is 0 Å². The van der Waals surface area contributed by atoms with Gasteiger partial charge in [-0.3, -0.25) is 9.89 Å². The van der Waals surface area contributed by atoms with Crippen molar-refractivity contribution in [1.29, 1.82) is 0 Å². The highest BCUT2D eigenvalue weighted by Gasteiger charge is 2.25. The summed E-state index contributed by atoms with van der Waals surface area (Å²) in [7, 11) is 1.79. The van der Waals surface area contributed by atoms with E-state index in [9.17, 15) is 4.79 Å². The van der Waals surface area contributed by atoms with Gasteiger partial charge < -0.3 is 10.6 Å². The SMILES string of the molecule is CN(CCCc1cc(-c2ccccc2)n[nH]1)C(=O)C(C)(C)N. The predicted molar refractivity (Wildman–Crippen MR) is 88.2 cm³/mol. The first kappa shape index (κ1) is 16.2. The van der Waals surface area contributed by atoms with Gasteiger partial charge in [-0.05, 0) is 32.8 Å². The molecule has 5 heteroatoms. The van der Waals surface area contributed by atoms with E-state index in [1.165, 1.54) is 0 Å². The summed E-state index contributed by atoms with van der Waals surface area (Å²) >= 11 is 0. The zero-order valence-corrected chi connectivity index (χ0v) is 13.5. The van der Waals surface area contributed by atoms with Gasteiger partial charge in [0.15, 0.2) is 0 Å². The zero-order chi connectivity index (χ0) is 16.2. The number of amides is 1. The van der Waals surface area contributed by atoms with Crippen LogP contribution in [0.1, 0.15) is 26.0 Å². The van der Waals surface area contributed by atoms with Crippen molar-refractivity contribution in [1.82, 2.24) is 15.1 Å². The fourth-order valence-electron chi connectivity index (χ4n) is 2.35. The van der Waals surface area contributed by atoms with Crippen LogP contribution in [-0.2, 0) is 11.2 Å². The summed E-state index contributed by atoms with van der Waals surface area (Å²) in [6.45, 7) is 4.14. The standard InChI is InChI=1S/C17H24N4O/c1-17(2,18)16(22)21(3)11-7-10-14-12-15(20-19-14)13-8-5-4-6-9-13/h4-6,8-9,12H,7,10-11,18H2,1-3H3,(H,19,20). The number of aromatic amines is 1. The Bertz CT molecular complexity index is 613. The van der Waals surface area contributed by atoms with Gasteiger partial charge in [0, 0.05) is 24.8 Å². The molecule has 0 aliphatic carbocycles. The van der Waals surface area contributed by atoms with E-state index in [0.29, 0.717) is 6.54 Å².